The van der Waals surface area contributed by atoms with Crippen molar-refractivity contribution in [3.63, 3.8) is 0 Å². The Labute approximate surface area is 155 Å². The molecule has 26 heavy (non-hydrogen) atoms. The number of hydrogen-bond acceptors (Lipinski definition) is 5. The number of benzene rings is 1. The largest absolute Gasteiger partial charge is 0.459 e. The average Bonchev–Trinajstić information content (AvgIpc) is 3.25. The van der Waals surface area contributed by atoms with Crippen LogP contribution in [0.15, 0.2) is 40.1 Å². The van der Waals surface area contributed by atoms with Crippen LogP contribution in [0, 0.1) is 13.8 Å². The van der Waals surface area contributed by atoms with Crippen LogP contribution >= 0.6 is 11.3 Å². The maximum absolute atomic E-state index is 12.4. The molecule has 2 N–H and O–H groups in total. The van der Waals surface area contributed by atoms with Crippen molar-refractivity contribution in [1.82, 2.24) is 10.3 Å². The van der Waals surface area contributed by atoms with Gasteiger partial charge >= 0.3 is 0 Å². The van der Waals surface area contributed by atoms with Crippen molar-refractivity contribution in [2.45, 2.75) is 20.3 Å². The van der Waals surface area contributed by atoms with Crippen LogP contribution in [-0.2, 0) is 11.2 Å². The van der Waals surface area contributed by atoms with Crippen molar-refractivity contribution in [1.29, 1.82) is 0 Å². The van der Waals surface area contributed by atoms with Gasteiger partial charge in [0.25, 0.3) is 5.91 Å². The average molecular weight is 369 g/mol. The number of hydrogen-bond donors (Lipinski definition) is 2. The number of carbonyl (C=O) groups excluding carboxylic acids is 2. The van der Waals surface area contributed by atoms with Crippen molar-refractivity contribution in [2.24, 2.45) is 0 Å². The van der Waals surface area contributed by atoms with Crippen LogP contribution in [0.25, 0.3) is 10.8 Å². The van der Waals surface area contributed by atoms with Gasteiger partial charge in [-0.15, -0.1) is 11.3 Å². The van der Waals surface area contributed by atoms with Crippen molar-refractivity contribution in [3.05, 3.63) is 58.3 Å². The van der Waals surface area contributed by atoms with Crippen LogP contribution in [0.5, 0.6) is 0 Å². The number of nitrogens with one attached hydrogen (secondary N) is 2. The summed E-state index contributed by atoms with van der Waals surface area (Å²) in [6.45, 7) is 3.68. The van der Waals surface area contributed by atoms with E-state index in [-0.39, 0.29) is 18.2 Å². The van der Waals surface area contributed by atoms with Crippen LogP contribution < -0.4 is 10.6 Å². The number of carbonyl (C=O) groups is 2. The third kappa shape index (κ3) is 3.83. The van der Waals surface area contributed by atoms with E-state index in [4.69, 9.17) is 4.42 Å². The summed E-state index contributed by atoms with van der Waals surface area (Å²) < 4.78 is 5.55. The zero-order valence-corrected chi connectivity index (χ0v) is 15.6. The van der Waals surface area contributed by atoms with Crippen molar-refractivity contribution >= 4 is 28.8 Å². The summed E-state index contributed by atoms with van der Waals surface area (Å²) in [6.07, 6.45) is 0.153. The van der Waals surface area contributed by atoms with E-state index in [0.717, 1.165) is 16.3 Å². The van der Waals surface area contributed by atoms with Crippen molar-refractivity contribution < 1.29 is 14.0 Å². The molecule has 0 saturated carbocycles. The molecule has 0 saturated heterocycles. The van der Waals surface area contributed by atoms with E-state index < -0.39 is 0 Å². The molecule has 2 heterocycles. The van der Waals surface area contributed by atoms with Gasteiger partial charge in [-0.3, -0.25) is 9.59 Å². The highest BCUT2D eigenvalue weighted by Gasteiger charge is 2.14. The van der Waals surface area contributed by atoms with E-state index >= 15 is 0 Å². The van der Waals surface area contributed by atoms with Gasteiger partial charge in [-0.05, 0) is 43.7 Å². The van der Waals surface area contributed by atoms with Crippen molar-refractivity contribution in [2.75, 3.05) is 12.4 Å². The number of nitrogens with zero attached hydrogens (tertiary/aromatic N) is 1. The summed E-state index contributed by atoms with van der Waals surface area (Å²) in [4.78, 5) is 28.7. The molecule has 6 nitrogen and oxygen atoms in total. The Morgan fingerprint density at radius 2 is 2.00 bits per heavy atom. The van der Waals surface area contributed by atoms with Gasteiger partial charge in [0, 0.05) is 23.7 Å². The third-order valence-electron chi connectivity index (χ3n) is 3.92. The summed E-state index contributed by atoms with van der Waals surface area (Å²) in [6, 6.07) is 8.99. The SMILES string of the molecule is CNC(=O)c1cccc(NC(=O)Cc2csc(-c3ccc(C)o3)n2)c1C. The molecule has 0 aliphatic carbocycles. The summed E-state index contributed by atoms with van der Waals surface area (Å²) in [5, 5.41) is 8.04. The minimum Gasteiger partial charge on any atom is -0.459 e. The van der Waals surface area contributed by atoms with Gasteiger partial charge < -0.3 is 15.1 Å². The first kappa shape index (κ1) is 17.9. The van der Waals surface area contributed by atoms with E-state index in [0.29, 0.717) is 22.7 Å². The first-order chi connectivity index (χ1) is 12.5. The molecule has 1 aromatic carbocycles. The van der Waals surface area contributed by atoms with Gasteiger partial charge in [-0.25, -0.2) is 4.98 Å². The van der Waals surface area contributed by atoms with E-state index in [2.05, 4.69) is 15.6 Å². The van der Waals surface area contributed by atoms with Gasteiger partial charge in [0.1, 0.15) is 5.76 Å². The summed E-state index contributed by atoms with van der Waals surface area (Å²) in [5.41, 5.74) is 2.56. The third-order valence-corrected chi connectivity index (χ3v) is 4.83. The Morgan fingerprint density at radius 3 is 2.69 bits per heavy atom. The molecule has 0 aliphatic heterocycles. The molecule has 134 valence electrons. The van der Waals surface area contributed by atoms with Crippen molar-refractivity contribution in [3.8, 4) is 10.8 Å². The normalized spacial score (nSPS) is 10.6. The Morgan fingerprint density at radius 1 is 1.19 bits per heavy atom. The molecule has 0 fully saturated rings. The Bertz CT molecular complexity index is 959. The molecule has 0 atom stereocenters. The lowest BCUT2D eigenvalue weighted by molar-refractivity contribution is -0.115. The fourth-order valence-corrected chi connectivity index (χ4v) is 3.34. The van der Waals surface area contributed by atoms with E-state index in [1.165, 1.54) is 11.3 Å². The van der Waals surface area contributed by atoms with Crippen LogP contribution in [0.4, 0.5) is 5.69 Å². The fourth-order valence-electron chi connectivity index (χ4n) is 2.56. The number of furan rings is 1. The molecule has 0 radical (unpaired) electrons. The Kier molecular flexibility index (Phi) is 5.18. The first-order valence-corrected chi connectivity index (χ1v) is 8.98. The van der Waals surface area contributed by atoms with Gasteiger partial charge in [-0.2, -0.15) is 0 Å². The molecule has 3 rings (SSSR count). The van der Waals surface area contributed by atoms with Gasteiger partial charge in [-0.1, -0.05) is 6.07 Å². The van der Waals surface area contributed by atoms with Crippen LogP contribution in [-0.4, -0.2) is 23.8 Å². The Hall–Kier alpha value is -2.93. The smallest absolute Gasteiger partial charge is 0.251 e. The van der Waals surface area contributed by atoms with Crippen LogP contribution in [0.1, 0.15) is 27.4 Å². The van der Waals surface area contributed by atoms with Gasteiger partial charge in [0.05, 0.1) is 12.1 Å². The molecule has 0 bridgehead atoms. The van der Waals surface area contributed by atoms with Gasteiger partial charge in [0.15, 0.2) is 10.8 Å². The lowest BCUT2D eigenvalue weighted by Crippen LogP contribution is -2.21. The molecule has 2 aromatic heterocycles. The molecule has 0 unspecified atom stereocenters. The second-order valence-electron chi connectivity index (χ2n) is 5.84. The molecule has 3 aromatic rings. The van der Waals surface area contributed by atoms with E-state index in [9.17, 15) is 9.59 Å². The zero-order chi connectivity index (χ0) is 18.7. The van der Waals surface area contributed by atoms with Gasteiger partial charge in [0.2, 0.25) is 5.91 Å². The molecule has 2 amide bonds. The minimum atomic E-state index is -0.186. The lowest BCUT2D eigenvalue weighted by Gasteiger charge is -2.11. The molecule has 7 heteroatoms. The molecule has 0 spiro atoms. The maximum atomic E-state index is 12.4. The fraction of sp³-hybridized carbons (Fsp3) is 0.211. The maximum Gasteiger partial charge on any atom is 0.251 e. The quantitative estimate of drug-likeness (QED) is 0.720. The summed E-state index contributed by atoms with van der Waals surface area (Å²) >= 11 is 1.44. The lowest BCUT2D eigenvalue weighted by atomic mass is 10.1. The van der Waals surface area contributed by atoms with Crippen LogP contribution in [0.2, 0.25) is 0 Å². The number of aryl methyl sites for hydroxylation is 1. The highest BCUT2D eigenvalue weighted by molar-refractivity contribution is 7.13. The zero-order valence-electron chi connectivity index (χ0n) is 14.8. The molecular weight excluding hydrogens is 350 g/mol. The number of rotatable bonds is 5. The predicted octanol–water partition coefficient (Wildman–Crippen LogP) is 3.56. The minimum absolute atomic E-state index is 0.153. The number of thiazole rings is 1. The standard InChI is InChI=1S/C19H19N3O3S/c1-11-7-8-16(25-11)19-21-13(10-26-19)9-17(23)22-15-6-4-5-14(12(15)2)18(24)20-3/h4-8,10H,9H2,1-3H3,(H,20,24)(H,22,23). The Balaban J connectivity index is 1.70. The monoisotopic (exact) mass is 369 g/mol. The second kappa shape index (κ2) is 7.53. The van der Waals surface area contributed by atoms with E-state index in [1.807, 2.05) is 24.4 Å². The summed E-state index contributed by atoms with van der Waals surface area (Å²) in [7, 11) is 1.58. The highest BCUT2D eigenvalue weighted by Crippen LogP contribution is 2.26. The van der Waals surface area contributed by atoms with E-state index in [1.54, 1.807) is 32.2 Å². The number of amides is 2. The summed E-state index contributed by atoms with van der Waals surface area (Å²) in [5.74, 6) is 1.15. The topological polar surface area (TPSA) is 84.2 Å². The number of anilines is 1. The second-order valence-corrected chi connectivity index (χ2v) is 6.69. The molecular formula is C19H19N3O3S. The predicted molar refractivity (Wildman–Crippen MR) is 101 cm³/mol. The highest BCUT2D eigenvalue weighted by atomic mass is 32.1. The molecule has 0 aliphatic rings. The van der Waals surface area contributed by atoms with Crippen LogP contribution in [0.3, 0.4) is 0 Å². The number of aromatic nitrogens is 1. The first-order valence-electron chi connectivity index (χ1n) is 8.10.